The maximum Gasteiger partial charge on any atom is 0.326 e. The number of ether oxygens (including phenoxy) is 1. The van der Waals surface area contributed by atoms with E-state index in [4.69, 9.17) is 10.5 Å². The first kappa shape index (κ1) is 17.3. The van der Waals surface area contributed by atoms with E-state index in [0.29, 0.717) is 0 Å². The van der Waals surface area contributed by atoms with Crippen LogP contribution >= 0.6 is 0 Å². The van der Waals surface area contributed by atoms with Gasteiger partial charge in [0.1, 0.15) is 11.4 Å². The highest BCUT2D eigenvalue weighted by molar-refractivity contribution is 5.96. The van der Waals surface area contributed by atoms with Crippen LogP contribution in [-0.4, -0.2) is 34.6 Å². The van der Waals surface area contributed by atoms with Crippen molar-refractivity contribution >= 4 is 11.6 Å². The summed E-state index contributed by atoms with van der Waals surface area (Å²) in [6, 6.07) is -0.00397. The molecule has 0 aliphatic heterocycles. The van der Waals surface area contributed by atoms with Gasteiger partial charge in [-0.25, -0.2) is 4.79 Å². The molecule has 1 fully saturated rings. The molecule has 8 nitrogen and oxygen atoms in total. The number of amides is 1. The van der Waals surface area contributed by atoms with Gasteiger partial charge in [-0.1, -0.05) is 13.3 Å². The van der Waals surface area contributed by atoms with Gasteiger partial charge in [0.2, 0.25) is 0 Å². The monoisotopic (exact) mass is 324 g/mol. The Morgan fingerprint density at radius 2 is 1.96 bits per heavy atom. The largest absolute Gasteiger partial charge is 0.392 e. The van der Waals surface area contributed by atoms with Gasteiger partial charge in [0.15, 0.2) is 0 Å². The van der Waals surface area contributed by atoms with Crippen LogP contribution in [0.1, 0.15) is 55.9 Å². The summed E-state index contributed by atoms with van der Waals surface area (Å²) >= 11 is 0. The second-order valence-electron chi connectivity index (χ2n) is 5.87. The van der Waals surface area contributed by atoms with Gasteiger partial charge < -0.3 is 20.8 Å². The lowest BCUT2D eigenvalue weighted by Crippen LogP contribution is -2.41. The number of nitrogen functional groups attached to an aromatic ring is 1. The number of aromatic nitrogens is 2. The van der Waals surface area contributed by atoms with Crippen LogP contribution in [0, 0.1) is 0 Å². The first-order valence-corrected chi connectivity index (χ1v) is 8.05. The second-order valence-corrected chi connectivity index (χ2v) is 5.87. The van der Waals surface area contributed by atoms with Crippen LogP contribution in [0.4, 0.5) is 5.69 Å². The van der Waals surface area contributed by atoms with Gasteiger partial charge >= 0.3 is 5.69 Å². The fourth-order valence-electron chi connectivity index (χ4n) is 2.70. The number of aromatic amines is 2. The number of carbonyl (C=O) groups is 1. The molecule has 0 spiro atoms. The number of hydrogen-bond donors (Lipinski definition) is 4. The van der Waals surface area contributed by atoms with E-state index in [1.54, 1.807) is 0 Å². The van der Waals surface area contributed by atoms with Gasteiger partial charge in [0, 0.05) is 12.6 Å². The minimum atomic E-state index is -0.757. The number of hydrogen-bond acceptors (Lipinski definition) is 5. The summed E-state index contributed by atoms with van der Waals surface area (Å²) in [7, 11) is 0. The lowest BCUT2D eigenvalue weighted by molar-refractivity contribution is 0.0209. The molecule has 1 heterocycles. The fourth-order valence-corrected chi connectivity index (χ4v) is 2.70. The summed E-state index contributed by atoms with van der Waals surface area (Å²) < 4.78 is 5.79. The van der Waals surface area contributed by atoms with Gasteiger partial charge in [-0.05, 0) is 32.1 Å². The molecule has 1 aromatic rings. The van der Waals surface area contributed by atoms with Crippen LogP contribution in [0.2, 0.25) is 0 Å². The van der Waals surface area contributed by atoms with E-state index >= 15 is 0 Å². The van der Waals surface area contributed by atoms with Gasteiger partial charge in [0.25, 0.3) is 11.5 Å². The Hall–Kier alpha value is -2.09. The van der Waals surface area contributed by atoms with Crippen molar-refractivity contribution in [3.05, 3.63) is 26.5 Å². The molecule has 128 valence electrons. The Labute approximate surface area is 133 Å². The molecule has 0 saturated heterocycles. The lowest BCUT2D eigenvalue weighted by atomic mass is 9.93. The number of H-pyrrole nitrogens is 2. The van der Waals surface area contributed by atoms with Crippen LogP contribution < -0.4 is 22.3 Å². The van der Waals surface area contributed by atoms with Crippen LogP contribution in [0.5, 0.6) is 0 Å². The van der Waals surface area contributed by atoms with Crippen molar-refractivity contribution in [3.8, 4) is 0 Å². The first-order valence-electron chi connectivity index (χ1n) is 8.05. The van der Waals surface area contributed by atoms with E-state index in [-0.39, 0.29) is 23.5 Å². The highest BCUT2D eigenvalue weighted by Crippen LogP contribution is 2.21. The molecule has 0 unspecified atom stereocenters. The number of nitrogens with one attached hydrogen (secondary N) is 3. The molecule has 1 aromatic heterocycles. The fraction of sp³-hybridized carbons (Fsp3) is 0.667. The van der Waals surface area contributed by atoms with E-state index in [9.17, 15) is 14.4 Å². The molecule has 2 rings (SSSR count). The molecule has 1 aliphatic rings. The summed E-state index contributed by atoms with van der Waals surface area (Å²) in [5.74, 6) is -0.527. The zero-order valence-electron chi connectivity index (χ0n) is 13.3. The molecular weight excluding hydrogens is 300 g/mol. The number of anilines is 1. The Kier molecular flexibility index (Phi) is 5.97. The Morgan fingerprint density at radius 3 is 2.61 bits per heavy atom. The molecule has 23 heavy (non-hydrogen) atoms. The third-order valence-corrected chi connectivity index (χ3v) is 4.07. The number of rotatable bonds is 6. The van der Waals surface area contributed by atoms with Crippen molar-refractivity contribution in [1.82, 2.24) is 15.3 Å². The summed E-state index contributed by atoms with van der Waals surface area (Å²) in [6.07, 6.45) is 5.80. The van der Waals surface area contributed by atoms with Crippen LogP contribution in [-0.2, 0) is 4.74 Å². The van der Waals surface area contributed by atoms with Crippen molar-refractivity contribution in [2.45, 2.75) is 57.6 Å². The van der Waals surface area contributed by atoms with Gasteiger partial charge in [-0.2, -0.15) is 0 Å². The number of nitrogens with two attached hydrogens (primary N) is 1. The third-order valence-electron chi connectivity index (χ3n) is 4.07. The van der Waals surface area contributed by atoms with E-state index in [1.165, 1.54) is 0 Å². The Bertz CT molecular complexity index is 644. The maximum absolute atomic E-state index is 12.2. The summed E-state index contributed by atoms with van der Waals surface area (Å²) in [5, 5.41) is 2.82. The van der Waals surface area contributed by atoms with E-state index in [2.05, 4.69) is 17.2 Å². The SMILES string of the molecule is CCCCOC1CCC(NC(=O)c2[nH]c(=O)[nH]c(=O)c2N)CC1. The highest BCUT2D eigenvalue weighted by Gasteiger charge is 2.24. The van der Waals surface area contributed by atoms with Gasteiger partial charge in [-0.3, -0.25) is 14.6 Å². The van der Waals surface area contributed by atoms with Gasteiger partial charge in [-0.15, -0.1) is 0 Å². The molecule has 8 heteroatoms. The predicted molar refractivity (Wildman–Crippen MR) is 86.5 cm³/mol. The zero-order valence-corrected chi connectivity index (χ0v) is 13.3. The summed E-state index contributed by atoms with van der Waals surface area (Å²) in [6.45, 7) is 2.91. The minimum absolute atomic E-state index is 0.00397. The average Bonchev–Trinajstić information content (AvgIpc) is 2.52. The summed E-state index contributed by atoms with van der Waals surface area (Å²) in [5.41, 5.74) is 3.59. The second kappa shape index (κ2) is 7.96. The highest BCUT2D eigenvalue weighted by atomic mass is 16.5. The molecule has 1 aliphatic carbocycles. The molecular formula is C15H24N4O4. The molecule has 0 radical (unpaired) electrons. The molecule has 0 bridgehead atoms. The van der Waals surface area contributed by atoms with Crippen molar-refractivity contribution in [2.24, 2.45) is 0 Å². The van der Waals surface area contributed by atoms with Crippen molar-refractivity contribution in [2.75, 3.05) is 12.3 Å². The quantitative estimate of drug-likeness (QED) is 0.566. The van der Waals surface area contributed by atoms with Crippen LogP contribution in [0.3, 0.4) is 0 Å². The number of unbranched alkanes of at least 4 members (excludes halogenated alkanes) is 1. The normalized spacial score (nSPS) is 21.1. The van der Waals surface area contributed by atoms with E-state index in [0.717, 1.165) is 45.1 Å². The standard InChI is InChI=1S/C15H24N4O4/c1-2-3-8-23-10-6-4-9(5-7-10)17-14(21)12-11(16)13(20)19-15(22)18-12/h9-10H,2-8,16H2,1H3,(H,17,21)(H2,18,19,20,22). The minimum Gasteiger partial charge on any atom is -0.392 e. The first-order chi connectivity index (χ1) is 11.0. The number of carbonyl (C=O) groups excluding carboxylic acids is 1. The average molecular weight is 324 g/mol. The molecule has 1 saturated carbocycles. The Morgan fingerprint density at radius 1 is 1.26 bits per heavy atom. The topological polar surface area (TPSA) is 130 Å². The lowest BCUT2D eigenvalue weighted by Gasteiger charge is -2.29. The Balaban J connectivity index is 1.88. The van der Waals surface area contributed by atoms with Crippen molar-refractivity contribution in [3.63, 3.8) is 0 Å². The maximum atomic E-state index is 12.2. The van der Waals surface area contributed by atoms with Crippen LogP contribution in [0.25, 0.3) is 0 Å². The zero-order chi connectivity index (χ0) is 16.8. The van der Waals surface area contributed by atoms with E-state index < -0.39 is 17.2 Å². The third kappa shape index (κ3) is 4.69. The smallest absolute Gasteiger partial charge is 0.326 e. The van der Waals surface area contributed by atoms with Crippen molar-refractivity contribution in [1.29, 1.82) is 0 Å². The van der Waals surface area contributed by atoms with Crippen LogP contribution in [0.15, 0.2) is 9.59 Å². The summed E-state index contributed by atoms with van der Waals surface area (Å²) in [4.78, 5) is 39.1. The van der Waals surface area contributed by atoms with Gasteiger partial charge in [0.05, 0.1) is 6.10 Å². The van der Waals surface area contributed by atoms with Crippen molar-refractivity contribution < 1.29 is 9.53 Å². The van der Waals surface area contributed by atoms with E-state index in [1.807, 2.05) is 4.98 Å². The predicted octanol–water partition coefficient (Wildman–Crippen LogP) is 0.503. The molecule has 0 atom stereocenters. The molecule has 5 N–H and O–H groups in total. The molecule has 0 aromatic carbocycles. The molecule has 1 amide bonds.